The van der Waals surface area contributed by atoms with Gasteiger partial charge in [0.1, 0.15) is 11.5 Å². The number of nitro groups is 2. The van der Waals surface area contributed by atoms with Crippen LogP contribution >= 0.6 is 0 Å². The number of aromatic hydroxyl groups is 2. The van der Waals surface area contributed by atoms with Gasteiger partial charge in [0.25, 0.3) is 5.69 Å². The van der Waals surface area contributed by atoms with Crippen LogP contribution < -0.4 is 11.5 Å². The number of anilines is 2. The Morgan fingerprint density at radius 1 is 0.903 bits per heavy atom. The number of hydrogen-bond acceptors (Lipinski definition) is 11. The Balaban J connectivity index is 2.19. The van der Waals surface area contributed by atoms with Crippen LogP contribution in [0.2, 0.25) is 0 Å². The Bertz CT molecular complexity index is 1370. The van der Waals surface area contributed by atoms with E-state index in [2.05, 4.69) is 10.3 Å². The maximum atomic E-state index is 11.9. The van der Waals surface area contributed by atoms with E-state index in [0.717, 1.165) is 12.1 Å². The standard InChI is InChI=1S/C18H12N6O7/c19-10-5-8(23(27)28)6-11(26)13(10)14-15(20)12(7-2-1-3-9(25)4-7)16-17(22-31-21-16)18(14)24(29)30/h1-6,25-26H,19-20H2. The molecular formula is C18H12N6O7. The van der Waals surface area contributed by atoms with Crippen LogP contribution in [0.3, 0.4) is 0 Å². The smallest absolute Gasteiger partial charge is 0.310 e. The number of non-ortho nitro benzene ring substituents is 1. The molecule has 31 heavy (non-hydrogen) atoms. The van der Waals surface area contributed by atoms with Gasteiger partial charge < -0.3 is 21.7 Å². The van der Waals surface area contributed by atoms with Gasteiger partial charge in [0.05, 0.1) is 38.4 Å². The lowest BCUT2D eigenvalue weighted by Crippen LogP contribution is -2.04. The lowest BCUT2D eigenvalue weighted by Gasteiger charge is -2.15. The Labute approximate surface area is 171 Å². The van der Waals surface area contributed by atoms with Crippen molar-refractivity contribution in [3.63, 3.8) is 0 Å². The second kappa shape index (κ2) is 6.84. The number of hydrogen-bond donors (Lipinski definition) is 4. The Morgan fingerprint density at radius 2 is 1.61 bits per heavy atom. The molecule has 156 valence electrons. The highest BCUT2D eigenvalue weighted by molar-refractivity contribution is 6.12. The summed E-state index contributed by atoms with van der Waals surface area (Å²) in [6.07, 6.45) is 0. The van der Waals surface area contributed by atoms with Crippen LogP contribution in [-0.4, -0.2) is 30.4 Å². The van der Waals surface area contributed by atoms with Crippen molar-refractivity contribution in [2.45, 2.75) is 0 Å². The summed E-state index contributed by atoms with van der Waals surface area (Å²) >= 11 is 0. The number of aromatic nitrogens is 2. The van der Waals surface area contributed by atoms with Gasteiger partial charge in [-0.2, -0.15) is 0 Å². The van der Waals surface area contributed by atoms with Gasteiger partial charge in [-0.05, 0) is 28.0 Å². The zero-order chi connectivity index (χ0) is 22.4. The highest BCUT2D eigenvalue weighted by Crippen LogP contribution is 2.51. The summed E-state index contributed by atoms with van der Waals surface area (Å²) in [5.74, 6) is -0.807. The minimum atomic E-state index is -0.801. The third kappa shape index (κ3) is 2.96. The molecule has 0 aliphatic rings. The van der Waals surface area contributed by atoms with Gasteiger partial charge in [-0.1, -0.05) is 12.1 Å². The maximum absolute atomic E-state index is 11.9. The Kier molecular flexibility index (Phi) is 4.27. The molecule has 13 nitrogen and oxygen atoms in total. The van der Waals surface area contributed by atoms with E-state index in [1.165, 1.54) is 18.2 Å². The molecule has 0 amide bonds. The van der Waals surface area contributed by atoms with Gasteiger partial charge in [0.15, 0.2) is 5.52 Å². The largest absolute Gasteiger partial charge is 0.508 e. The molecule has 6 N–H and O–H groups in total. The van der Waals surface area contributed by atoms with Crippen LogP contribution in [0.1, 0.15) is 0 Å². The van der Waals surface area contributed by atoms with Crippen LogP contribution in [0.15, 0.2) is 41.0 Å². The molecule has 4 rings (SSSR count). The average molecular weight is 424 g/mol. The molecule has 0 saturated heterocycles. The lowest BCUT2D eigenvalue weighted by molar-refractivity contribution is -0.384. The minimum absolute atomic E-state index is 0.0569. The lowest BCUT2D eigenvalue weighted by atomic mass is 9.91. The molecule has 0 unspecified atom stereocenters. The van der Waals surface area contributed by atoms with E-state index in [1.54, 1.807) is 6.07 Å². The first kappa shape index (κ1) is 19.4. The van der Waals surface area contributed by atoms with Gasteiger partial charge in [0, 0.05) is 11.6 Å². The molecule has 1 aromatic heterocycles. The van der Waals surface area contributed by atoms with Crippen LogP contribution in [-0.2, 0) is 0 Å². The molecule has 0 atom stereocenters. The highest BCUT2D eigenvalue weighted by Gasteiger charge is 2.33. The number of nitrogens with zero attached hydrogens (tertiary/aromatic N) is 4. The molecule has 0 fully saturated rings. The van der Waals surface area contributed by atoms with Crippen molar-refractivity contribution < 1.29 is 24.7 Å². The summed E-state index contributed by atoms with van der Waals surface area (Å²) in [7, 11) is 0. The molecular weight excluding hydrogens is 412 g/mol. The van der Waals surface area contributed by atoms with Gasteiger partial charge >= 0.3 is 5.69 Å². The molecule has 0 aliphatic heterocycles. The second-order valence-corrected chi connectivity index (χ2v) is 6.47. The Hall–Kier alpha value is -4.94. The summed E-state index contributed by atoms with van der Waals surface area (Å²) in [4.78, 5) is 21.4. The van der Waals surface area contributed by atoms with E-state index in [4.69, 9.17) is 16.1 Å². The molecule has 0 bridgehead atoms. The van der Waals surface area contributed by atoms with Crippen LogP contribution in [0.5, 0.6) is 11.5 Å². The van der Waals surface area contributed by atoms with Crippen LogP contribution in [0.25, 0.3) is 33.3 Å². The normalized spacial score (nSPS) is 11.0. The van der Waals surface area contributed by atoms with Crippen LogP contribution in [0.4, 0.5) is 22.7 Å². The zero-order valence-electron chi connectivity index (χ0n) is 15.3. The molecule has 0 spiro atoms. The molecule has 0 aliphatic carbocycles. The van der Waals surface area contributed by atoms with Crippen molar-refractivity contribution in [2.24, 2.45) is 0 Å². The van der Waals surface area contributed by atoms with E-state index in [1.807, 2.05) is 0 Å². The van der Waals surface area contributed by atoms with E-state index >= 15 is 0 Å². The number of benzene rings is 3. The molecule has 3 aromatic carbocycles. The van der Waals surface area contributed by atoms with Crippen molar-refractivity contribution in [3.05, 3.63) is 56.6 Å². The summed E-state index contributed by atoms with van der Waals surface area (Å²) in [5.41, 5.74) is 10.0. The predicted octanol–water partition coefficient (Wildman–Crippen LogP) is 2.95. The van der Waals surface area contributed by atoms with E-state index < -0.39 is 27.0 Å². The first-order valence-corrected chi connectivity index (χ1v) is 8.49. The van der Waals surface area contributed by atoms with Crippen molar-refractivity contribution >= 4 is 33.8 Å². The van der Waals surface area contributed by atoms with Gasteiger partial charge in [0.2, 0.25) is 5.52 Å². The number of fused-ring (bicyclic) bond motifs is 1. The van der Waals surface area contributed by atoms with Crippen LogP contribution in [0, 0.1) is 20.2 Å². The molecule has 13 heteroatoms. The number of phenolic OH excluding ortho intramolecular Hbond substituents is 2. The van der Waals surface area contributed by atoms with Crippen molar-refractivity contribution in [2.75, 3.05) is 11.5 Å². The second-order valence-electron chi connectivity index (χ2n) is 6.47. The summed E-state index contributed by atoms with van der Waals surface area (Å²) in [6.45, 7) is 0. The SMILES string of the molecule is Nc1cc([N+](=O)[O-])cc(O)c1-c1c(N)c(-c2cccc(O)c2)c2nonc2c1[N+](=O)[O-]. The molecule has 1 heterocycles. The first-order chi connectivity index (χ1) is 14.7. The highest BCUT2D eigenvalue weighted by atomic mass is 16.6. The van der Waals surface area contributed by atoms with E-state index in [0.29, 0.717) is 5.56 Å². The first-order valence-electron chi connectivity index (χ1n) is 8.49. The number of nitrogens with two attached hydrogens (primary N) is 2. The third-order valence-corrected chi connectivity index (χ3v) is 4.64. The van der Waals surface area contributed by atoms with Gasteiger partial charge in [-0.15, -0.1) is 0 Å². The van der Waals surface area contributed by atoms with E-state index in [9.17, 15) is 30.4 Å². The number of nitrogen functional groups attached to an aromatic ring is 2. The van der Waals surface area contributed by atoms with Gasteiger partial charge in [-0.3, -0.25) is 20.2 Å². The quantitative estimate of drug-likeness (QED) is 0.212. The average Bonchev–Trinajstić information content (AvgIpc) is 3.15. The molecule has 4 aromatic rings. The molecule has 0 saturated carbocycles. The summed E-state index contributed by atoms with van der Waals surface area (Å²) in [6, 6.07) is 7.57. The topological polar surface area (TPSA) is 218 Å². The summed E-state index contributed by atoms with van der Waals surface area (Å²) < 4.78 is 4.70. The fraction of sp³-hybridized carbons (Fsp3) is 0. The summed E-state index contributed by atoms with van der Waals surface area (Å²) in [5, 5.41) is 50.6. The van der Waals surface area contributed by atoms with Gasteiger partial charge in [-0.25, -0.2) is 4.63 Å². The number of nitro benzene ring substituents is 2. The molecule has 0 radical (unpaired) electrons. The zero-order valence-corrected chi connectivity index (χ0v) is 15.3. The number of rotatable bonds is 4. The predicted molar refractivity (Wildman–Crippen MR) is 108 cm³/mol. The van der Waals surface area contributed by atoms with Crippen molar-refractivity contribution in [1.82, 2.24) is 10.3 Å². The fourth-order valence-corrected chi connectivity index (χ4v) is 3.40. The number of phenols is 2. The monoisotopic (exact) mass is 424 g/mol. The minimum Gasteiger partial charge on any atom is -0.508 e. The fourth-order valence-electron chi connectivity index (χ4n) is 3.40. The Morgan fingerprint density at radius 3 is 2.23 bits per heavy atom. The van der Waals surface area contributed by atoms with Crippen molar-refractivity contribution in [1.29, 1.82) is 0 Å². The van der Waals surface area contributed by atoms with E-state index in [-0.39, 0.29) is 44.8 Å². The maximum Gasteiger partial charge on any atom is 0.310 e. The third-order valence-electron chi connectivity index (χ3n) is 4.64. The van der Waals surface area contributed by atoms with Crippen molar-refractivity contribution in [3.8, 4) is 33.8 Å².